The average molecular weight is 964 g/mol. The minimum absolute atomic E-state index is 0.133. The van der Waals surface area contributed by atoms with E-state index < -0.39 is 54.6 Å². The van der Waals surface area contributed by atoms with Crippen LogP contribution in [0.2, 0.25) is 0 Å². The van der Waals surface area contributed by atoms with Gasteiger partial charge in [-0.2, -0.15) is 0 Å². The molecule has 2 heterocycles. The van der Waals surface area contributed by atoms with Crippen LogP contribution < -0.4 is 35.8 Å². The first-order chi connectivity index (χ1) is 34.4. The van der Waals surface area contributed by atoms with Crippen LogP contribution in [0.3, 0.4) is 0 Å². The van der Waals surface area contributed by atoms with Gasteiger partial charge in [0.05, 0.1) is 31.1 Å². The van der Waals surface area contributed by atoms with E-state index in [1.807, 2.05) is 12.1 Å². The number of carbonyl (C=O) groups is 7. The van der Waals surface area contributed by atoms with Gasteiger partial charge in [-0.1, -0.05) is 91.3 Å². The molecule has 6 amide bonds. The minimum Gasteiger partial charge on any atom is -0.494 e. The number of nitrogens with one attached hydrogen (secondary N) is 4. The van der Waals surface area contributed by atoms with Gasteiger partial charge >= 0.3 is 12.1 Å². The first kappa shape index (κ1) is 51.0. The number of alkyl carbamates (subject to hydrolysis) is 1. The summed E-state index contributed by atoms with van der Waals surface area (Å²) in [5.74, 6) is -1.85. The Morgan fingerprint density at radius 3 is 1.87 bits per heavy atom. The van der Waals surface area contributed by atoms with Crippen LogP contribution in [0.15, 0.2) is 121 Å². The van der Waals surface area contributed by atoms with E-state index in [9.17, 15) is 33.6 Å². The number of para-hydroxylation sites is 2. The lowest BCUT2D eigenvalue weighted by Crippen LogP contribution is -2.57. The summed E-state index contributed by atoms with van der Waals surface area (Å²) in [6.07, 6.45) is 4.37. The number of rotatable bonds is 21. The zero-order chi connectivity index (χ0) is 50.1. The number of piperidine rings is 1. The zero-order valence-corrected chi connectivity index (χ0v) is 40.2. The smallest absolute Gasteiger partial charge is 0.407 e. The maximum Gasteiger partial charge on any atom is 0.407 e. The molecule has 16 heteroatoms. The highest BCUT2D eigenvalue weighted by molar-refractivity contribution is 6.24. The van der Waals surface area contributed by atoms with Crippen LogP contribution >= 0.6 is 0 Å². The molecule has 7 rings (SSSR count). The molecule has 5 aromatic rings. The Kier molecular flexibility index (Phi) is 18.1. The van der Waals surface area contributed by atoms with Crippen molar-refractivity contribution in [3.05, 3.63) is 155 Å². The second kappa shape index (κ2) is 25.1. The first-order valence-corrected chi connectivity index (χ1v) is 24.1. The van der Waals surface area contributed by atoms with E-state index in [2.05, 4.69) is 38.3 Å². The third-order valence-electron chi connectivity index (χ3n) is 12.3. The summed E-state index contributed by atoms with van der Waals surface area (Å²) in [6, 6.07) is 32.2. The zero-order valence-electron chi connectivity index (χ0n) is 40.2. The van der Waals surface area contributed by atoms with Crippen LogP contribution in [-0.2, 0) is 32.3 Å². The number of nitrogens with zero attached hydrogens (tertiary/aromatic N) is 3. The lowest BCUT2D eigenvalue weighted by atomic mass is 10.0. The number of ketones is 2. The summed E-state index contributed by atoms with van der Waals surface area (Å²) in [6.45, 7) is 6.84. The maximum absolute atomic E-state index is 14.5. The number of Topliss-reactive ketones (excluding diaryl/α,β-unsaturated/α-hetero) is 2. The molecule has 1 saturated heterocycles. The molecule has 2 aliphatic heterocycles. The SMILES string of the molecule is Cc1ccccc1C(=O)CN1C(=O)C(NC(=O)Nc2cccc(COC(=O)NCCCC(=O)NCCCOc3cccc(CN4CCCCC4)c3)c2)C(=O)N(CC(=O)c2ccccc2C)c2ccccc21. The molecule has 0 aromatic heterocycles. The van der Waals surface area contributed by atoms with Gasteiger partial charge in [-0.3, -0.25) is 28.9 Å². The van der Waals surface area contributed by atoms with E-state index in [-0.39, 0.29) is 42.5 Å². The quantitative estimate of drug-likeness (QED) is 0.0325. The summed E-state index contributed by atoms with van der Waals surface area (Å²) in [5, 5.41) is 10.7. The Hall–Kier alpha value is -7.85. The average Bonchev–Trinajstić information content (AvgIpc) is 3.44. The molecular formula is C55H61N7O9. The van der Waals surface area contributed by atoms with Crippen LogP contribution in [0.25, 0.3) is 0 Å². The van der Waals surface area contributed by atoms with Crippen molar-refractivity contribution in [3.8, 4) is 5.75 Å². The van der Waals surface area contributed by atoms with Crippen molar-refractivity contribution in [3.63, 3.8) is 0 Å². The molecule has 0 atom stereocenters. The predicted molar refractivity (Wildman–Crippen MR) is 271 cm³/mol. The highest BCUT2D eigenvalue weighted by Gasteiger charge is 2.42. The highest BCUT2D eigenvalue weighted by Crippen LogP contribution is 2.34. The second-order valence-electron chi connectivity index (χ2n) is 17.7. The number of aryl methyl sites for hydroxylation is 2. The van der Waals surface area contributed by atoms with Gasteiger partial charge in [0.15, 0.2) is 17.6 Å². The van der Waals surface area contributed by atoms with Crippen LogP contribution in [-0.4, -0.2) is 98.2 Å². The van der Waals surface area contributed by atoms with Gasteiger partial charge in [0.2, 0.25) is 5.91 Å². The monoisotopic (exact) mass is 963 g/mol. The summed E-state index contributed by atoms with van der Waals surface area (Å²) < 4.78 is 11.3. The van der Waals surface area contributed by atoms with E-state index in [0.29, 0.717) is 53.8 Å². The molecular weight excluding hydrogens is 903 g/mol. The number of hydrogen-bond acceptors (Lipinski definition) is 10. The highest BCUT2D eigenvalue weighted by atomic mass is 16.5. The van der Waals surface area contributed by atoms with Crippen LogP contribution in [0.5, 0.6) is 5.75 Å². The predicted octanol–water partition coefficient (Wildman–Crippen LogP) is 7.52. The number of urea groups is 1. The standard InChI is InChI=1S/C55H61N7O9/c1-38-16-4-6-22-44(38)48(63)35-61-46-24-8-9-25-47(46)62(36-49(64)45-23-7-5-17-39(45)2)53(67)51(52(61)66)59-54(68)58-42-20-12-19-41(32-42)37-71-55(69)57-27-14-26-50(65)56-28-15-31-70-43-21-13-18-40(33-43)34-60-29-10-3-11-30-60/h4-9,12-13,16-25,32-33,51H,3,10-11,14-15,26-31,34-37H2,1-2H3,(H,56,65)(H,57,69)(H2,58,59,68). The van der Waals surface area contributed by atoms with E-state index in [1.54, 1.807) is 111 Å². The Labute approximate surface area is 414 Å². The van der Waals surface area contributed by atoms with Crippen molar-refractivity contribution in [2.24, 2.45) is 0 Å². The Bertz CT molecular complexity index is 2620. The van der Waals surface area contributed by atoms with E-state index in [1.165, 1.54) is 34.6 Å². The number of anilines is 3. The number of amides is 6. The molecule has 0 bridgehead atoms. The molecule has 0 saturated carbocycles. The largest absolute Gasteiger partial charge is 0.494 e. The van der Waals surface area contributed by atoms with Gasteiger partial charge in [-0.05, 0) is 111 Å². The number of carbonyl (C=O) groups excluding carboxylic acids is 7. The molecule has 4 N–H and O–H groups in total. The molecule has 0 unspecified atom stereocenters. The van der Waals surface area contributed by atoms with Crippen molar-refractivity contribution in [2.75, 3.05) is 61.0 Å². The molecule has 71 heavy (non-hydrogen) atoms. The number of ether oxygens (including phenoxy) is 2. The fourth-order valence-electron chi connectivity index (χ4n) is 8.62. The molecule has 0 radical (unpaired) electrons. The maximum atomic E-state index is 14.5. The third kappa shape index (κ3) is 14.4. The van der Waals surface area contributed by atoms with Gasteiger partial charge in [0.25, 0.3) is 11.8 Å². The van der Waals surface area contributed by atoms with Crippen LogP contribution in [0.1, 0.15) is 81.5 Å². The van der Waals surface area contributed by atoms with E-state index in [0.717, 1.165) is 25.4 Å². The molecule has 2 aliphatic rings. The summed E-state index contributed by atoms with van der Waals surface area (Å²) in [5.41, 5.74) is 4.60. The Morgan fingerprint density at radius 1 is 0.634 bits per heavy atom. The van der Waals surface area contributed by atoms with Gasteiger partial charge in [-0.25, -0.2) is 9.59 Å². The third-order valence-corrected chi connectivity index (χ3v) is 12.3. The van der Waals surface area contributed by atoms with Gasteiger partial charge in [0, 0.05) is 42.9 Å². The fraction of sp³-hybridized carbons (Fsp3) is 0.327. The van der Waals surface area contributed by atoms with Crippen molar-refractivity contribution in [2.45, 2.75) is 71.6 Å². The van der Waals surface area contributed by atoms with Crippen LogP contribution in [0.4, 0.5) is 26.7 Å². The summed E-state index contributed by atoms with van der Waals surface area (Å²) in [4.78, 5) is 100. The minimum atomic E-state index is -1.85. The number of benzene rings is 5. The van der Waals surface area contributed by atoms with E-state index in [4.69, 9.17) is 9.47 Å². The first-order valence-electron chi connectivity index (χ1n) is 24.1. The van der Waals surface area contributed by atoms with Crippen molar-refractivity contribution >= 4 is 58.5 Å². The fourth-order valence-corrected chi connectivity index (χ4v) is 8.62. The molecule has 0 aliphatic carbocycles. The summed E-state index contributed by atoms with van der Waals surface area (Å²) in [7, 11) is 0. The molecule has 0 spiro atoms. The van der Waals surface area contributed by atoms with Gasteiger partial charge in [0.1, 0.15) is 12.4 Å². The lowest BCUT2D eigenvalue weighted by Gasteiger charge is -2.26. The Balaban J connectivity index is 0.885. The number of likely N-dealkylation sites (tertiary alicyclic amines) is 1. The van der Waals surface area contributed by atoms with Gasteiger partial charge < -0.3 is 40.5 Å². The second-order valence-corrected chi connectivity index (χ2v) is 17.7. The normalized spacial score (nSPS) is 13.9. The molecule has 16 nitrogen and oxygen atoms in total. The Morgan fingerprint density at radius 2 is 1.23 bits per heavy atom. The van der Waals surface area contributed by atoms with Crippen molar-refractivity contribution < 1.29 is 43.0 Å². The molecule has 370 valence electrons. The van der Waals surface area contributed by atoms with Crippen molar-refractivity contribution in [1.82, 2.24) is 20.9 Å². The lowest BCUT2D eigenvalue weighted by molar-refractivity contribution is -0.129. The molecule has 5 aromatic carbocycles. The molecule has 1 fully saturated rings. The summed E-state index contributed by atoms with van der Waals surface area (Å²) >= 11 is 0. The van der Waals surface area contributed by atoms with Crippen molar-refractivity contribution in [1.29, 1.82) is 0 Å². The number of fused-ring (bicyclic) bond motifs is 1. The van der Waals surface area contributed by atoms with Crippen LogP contribution in [0, 0.1) is 13.8 Å². The van der Waals surface area contributed by atoms with E-state index >= 15 is 0 Å². The topological polar surface area (TPSA) is 196 Å². The van der Waals surface area contributed by atoms with Gasteiger partial charge in [-0.15, -0.1) is 0 Å². The number of hydrogen-bond donors (Lipinski definition) is 4.